The van der Waals surface area contributed by atoms with Gasteiger partial charge in [0.1, 0.15) is 0 Å². The molecule has 0 bridgehead atoms. The summed E-state index contributed by atoms with van der Waals surface area (Å²) < 4.78 is 31.5. The lowest BCUT2D eigenvalue weighted by Gasteiger charge is -2.05. The maximum Gasteiger partial charge on any atom is 0.241 e. The fourth-order valence-electron chi connectivity index (χ4n) is 1.48. The quantitative estimate of drug-likeness (QED) is 0.812. The maximum absolute atomic E-state index is 12.1. The van der Waals surface area contributed by atoms with Gasteiger partial charge in [0.25, 0.3) is 0 Å². The Hall–Kier alpha value is -1.22. The van der Waals surface area contributed by atoms with E-state index < -0.39 is 10.0 Å². The van der Waals surface area contributed by atoms with Gasteiger partial charge in [-0.2, -0.15) is 0 Å². The van der Waals surface area contributed by atoms with E-state index in [4.69, 9.17) is 4.52 Å². The SMILES string of the molecule is CC(C)NCc1cc(S(=O)(=O)NCc2ccno2)cs1. The highest BCUT2D eigenvalue weighted by atomic mass is 32.2. The largest absolute Gasteiger partial charge is 0.360 e. The van der Waals surface area contributed by atoms with Crippen molar-refractivity contribution in [3.05, 3.63) is 34.3 Å². The van der Waals surface area contributed by atoms with E-state index in [1.54, 1.807) is 17.5 Å². The van der Waals surface area contributed by atoms with Crippen LogP contribution in [0.3, 0.4) is 0 Å². The van der Waals surface area contributed by atoms with E-state index >= 15 is 0 Å². The monoisotopic (exact) mass is 315 g/mol. The zero-order chi connectivity index (χ0) is 14.6. The van der Waals surface area contributed by atoms with E-state index in [1.165, 1.54) is 17.5 Å². The summed E-state index contributed by atoms with van der Waals surface area (Å²) in [6, 6.07) is 3.67. The van der Waals surface area contributed by atoms with Crippen molar-refractivity contribution in [2.75, 3.05) is 0 Å². The first-order valence-corrected chi connectivity index (χ1v) is 8.53. The molecule has 0 radical (unpaired) electrons. The maximum atomic E-state index is 12.1. The Balaban J connectivity index is 1.98. The average molecular weight is 315 g/mol. The first kappa shape index (κ1) is 15.2. The molecule has 20 heavy (non-hydrogen) atoms. The van der Waals surface area contributed by atoms with Crippen molar-refractivity contribution >= 4 is 21.4 Å². The molecular weight excluding hydrogens is 298 g/mol. The first-order valence-electron chi connectivity index (χ1n) is 6.17. The number of hydrogen-bond acceptors (Lipinski definition) is 6. The number of aromatic nitrogens is 1. The van der Waals surface area contributed by atoms with Gasteiger partial charge < -0.3 is 9.84 Å². The predicted octanol–water partition coefficient (Wildman–Crippen LogP) is 1.71. The lowest BCUT2D eigenvalue weighted by atomic mass is 10.4. The minimum Gasteiger partial charge on any atom is -0.360 e. The fraction of sp³-hybridized carbons (Fsp3) is 0.417. The third-order valence-corrected chi connectivity index (χ3v) is 5.02. The van der Waals surface area contributed by atoms with Gasteiger partial charge in [0.2, 0.25) is 10.0 Å². The molecule has 0 spiro atoms. The molecule has 2 N–H and O–H groups in total. The lowest BCUT2D eigenvalue weighted by molar-refractivity contribution is 0.380. The number of rotatable bonds is 7. The summed E-state index contributed by atoms with van der Waals surface area (Å²) in [7, 11) is -3.51. The summed E-state index contributed by atoms with van der Waals surface area (Å²) in [6.45, 7) is 4.85. The molecule has 0 aromatic carbocycles. The zero-order valence-corrected chi connectivity index (χ0v) is 12.9. The normalized spacial score (nSPS) is 12.2. The Bertz CT molecular complexity index is 633. The minimum atomic E-state index is -3.51. The van der Waals surface area contributed by atoms with Gasteiger partial charge in [0, 0.05) is 28.9 Å². The van der Waals surface area contributed by atoms with Crippen LogP contribution in [0.2, 0.25) is 0 Å². The van der Waals surface area contributed by atoms with Crippen LogP contribution in [0.15, 0.2) is 33.1 Å². The first-order chi connectivity index (χ1) is 9.47. The molecule has 0 fully saturated rings. The Kier molecular flexibility index (Phi) is 4.92. The van der Waals surface area contributed by atoms with Crippen molar-refractivity contribution in [2.24, 2.45) is 0 Å². The fourth-order valence-corrected chi connectivity index (χ4v) is 3.70. The smallest absolute Gasteiger partial charge is 0.241 e. The highest BCUT2D eigenvalue weighted by molar-refractivity contribution is 7.89. The van der Waals surface area contributed by atoms with Gasteiger partial charge in [0.05, 0.1) is 17.6 Å². The summed E-state index contributed by atoms with van der Waals surface area (Å²) in [5, 5.41) is 8.42. The van der Waals surface area contributed by atoms with Gasteiger partial charge in [-0.25, -0.2) is 13.1 Å². The lowest BCUT2D eigenvalue weighted by Crippen LogP contribution is -2.23. The van der Waals surface area contributed by atoms with E-state index in [2.05, 4.69) is 15.2 Å². The van der Waals surface area contributed by atoms with Gasteiger partial charge >= 0.3 is 0 Å². The second kappa shape index (κ2) is 6.49. The molecule has 2 heterocycles. The minimum absolute atomic E-state index is 0.0950. The Morgan fingerprint density at radius 1 is 1.40 bits per heavy atom. The summed E-state index contributed by atoms with van der Waals surface area (Å²) >= 11 is 1.42. The van der Waals surface area contributed by atoms with Gasteiger partial charge in [-0.1, -0.05) is 19.0 Å². The molecule has 2 rings (SSSR count). The number of nitrogens with one attached hydrogen (secondary N) is 2. The highest BCUT2D eigenvalue weighted by Crippen LogP contribution is 2.19. The Morgan fingerprint density at radius 3 is 2.85 bits per heavy atom. The molecule has 2 aromatic heterocycles. The average Bonchev–Trinajstić information content (AvgIpc) is 3.05. The molecule has 0 amide bonds. The molecule has 0 atom stereocenters. The summed E-state index contributed by atoms with van der Waals surface area (Å²) in [6.07, 6.45) is 1.48. The molecular formula is C12H17N3O3S2. The Morgan fingerprint density at radius 2 is 2.20 bits per heavy atom. The van der Waals surface area contributed by atoms with Crippen molar-refractivity contribution < 1.29 is 12.9 Å². The topological polar surface area (TPSA) is 84.2 Å². The van der Waals surface area contributed by atoms with Crippen LogP contribution in [0.5, 0.6) is 0 Å². The predicted molar refractivity (Wildman–Crippen MR) is 76.8 cm³/mol. The van der Waals surface area contributed by atoms with E-state index in [-0.39, 0.29) is 11.4 Å². The van der Waals surface area contributed by atoms with E-state index in [9.17, 15) is 8.42 Å². The second-order valence-corrected chi connectivity index (χ2v) is 7.35. The van der Waals surface area contributed by atoms with Gasteiger partial charge in [-0.3, -0.25) is 0 Å². The third kappa shape index (κ3) is 4.14. The molecule has 0 aliphatic heterocycles. The highest BCUT2D eigenvalue weighted by Gasteiger charge is 2.16. The van der Waals surface area contributed by atoms with Crippen molar-refractivity contribution in [3.63, 3.8) is 0 Å². The molecule has 0 aliphatic rings. The van der Waals surface area contributed by atoms with Crippen LogP contribution in [-0.2, 0) is 23.1 Å². The van der Waals surface area contributed by atoms with Crippen LogP contribution in [-0.4, -0.2) is 19.6 Å². The number of nitrogens with zero attached hydrogens (tertiary/aromatic N) is 1. The third-order valence-electron chi connectivity index (χ3n) is 2.55. The summed E-state index contributed by atoms with van der Waals surface area (Å²) in [5.74, 6) is 0.477. The molecule has 0 saturated carbocycles. The molecule has 0 aliphatic carbocycles. The second-order valence-electron chi connectivity index (χ2n) is 4.59. The molecule has 6 nitrogen and oxygen atoms in total. The molecule has 0 saturated heterocycles. The van der Waals surface area contributed by atoms with Gasteiger partial charge in [-0.05, 0) is 6.07 Å². The van der Waals surface area contributed by atoms with Gasteiger partial charge in [-0.15, -0.1) is 11.3 Å². The standard InChI is InChI=1S/C12H17N3O3S2/c1-9(2)13-7-11-5-12(8-19-11)20(16,17)15-6-10-3-4-14-18-10/h3-5,8-9,13,15H,6-7H2,1-2H3. The van der Waals surface area contributed by atoms with Crippen LogP contribution >= 0.6 is 11.3 Å². The van der Waals surface area contributed by atoms with Crippen molar-refractivity contribution in [3.8, 4) is 0 Å². The summed E-state index contributed by atoms with van der Waals surface area (Å²) in [5.41, 5.74) is 0. The number of hydrogen-bond donors (Lipinski definition) is 2. The van der Waals surface area contributed by atoms with Gasteiger partial charge in [0.15, 0.2) is 5.76 Å². The van der Waals surface area contributed by atoms with Crippen LogP contribution in [0, 0.1) is 0 Å². The zero-order valence-electron chi connectivity index (χ0n) is 11.3. The molecule has 2 aromatic rings. The number of sulfonamides is 1. The van der Waals surface area contributed by atoms with Crippen molar-refractivity contribution in [1.82, 2.24) is 15.2 Å². The molecule has 0 unspecified atom stereocenters. The summed E-state index contributed by atoms with van der Waals surface area (Å²) in [4.78, 5) is 1.27. The van der Waals surface area contributed by atoms with Crippen LogP contribution in [0.1, 0.15) is 24.5 Å². The van der Waals surface area contributed by atoms with E-state index in [1.807, 2.05) is 13.8 Å². The van der Waals surface area contributed by atoms with Crippen molar-refractivity contribution in [2.45, 2.75) is 37.9 Å². The van der Waals surface area contributed by atoms with Crippen LogP contribution in [0.25, 0.3) is 0 Å². The van der Waals surface area contributed by atoms with Crippen LogP contribution < -0.4 is 10.0 Å². The van der Waals surface area contributed by atoms with Crippen LogP contribution in [0.4, 0.5) is 0 Å². The van der Waals surface area contributed by atoms with Crippen molar-refractivity contribution in [1.29, 1.82) is 0 Å². The number of thiophene rings is 1. The molecule has 8 heteroatoms. The Labute approximate surface area is 122 Å². The molecule has 110 valence electrons. The van der Waals surface area contributed by atoms with E-state index in [0.717, 1.165) is 4.88 Å². The van der Waals surface area contributed by atoms with E-state index in [0.29, 0.717) is 18.3 Å².